The van der Waals surface area contributed by atoms with E-state index in [0.29, 0.717) is 11.5 Å². The summed E-state index contributed by atoms with van der Waals surface area (Å²) in [4.78, 5) is 20.2. The summed E-state index contributed by atoms with van der Waals surface area (Å²) < 4.78 is 29.5. The van der Waals surface area contributed by atoms with Crippen molar-refractivity contribution in [2.75, 3.05) is 17.2 Å². The molecular weight excluding hydrogens is 422 g/mol. The third-order valence-electron chi connectivity index (χ3n) is 4.28. The highest BCUT2D eigenvalue weighted by molar-refractivity contribution is 5.76. The van der Waals surface area contributed by atoms with E-state index in [1.807, 2.05) is 0 Å². The predicted molar refractivity (Wildman–Crippen MR) is 111 cm³/mol. The Balaban J connectivity index is 1.62. The van der Waals surface area contributed by atoms with Gasteiger partial charge in [0.05, 0.1) is 24.1 Å². The summed E-state index contributed by atoms with van der Waals surface area (Å²) in [6.07, 6.45) is 4.50. The van der Waals surface area contributed by atoms with Gasteiger partial charge in [0, 0.05) is 30.5 Å². The molecule has 0 saturated heterocycles. The van der Waals surface area contributed by atoms with Crippen LogP contribution in [0.25, 0.3) is 0 Å². The number of aromatic nitrogens is 4. The van der Waals surface area contributed by atoms with Gasteiger partial charge in [0.25, 0.3) is 0 Å². The van der Waals surface area contributed by atoms with E-state index in [-0.39, 0.29) is 48.7 Å². The highest BCUT2D eigenvalue weighted by atomic mass is 19.1. The lowest BCUT2D eigenvalue weighted by Gasteiger charge is -2.10. The number of hydrogen-bond donors (Lipinski definition) is 4. The fourth-order valence-electron chi connectivity index (χ4n) is 2.70. The number of carbonyl (C=O) groups excluding carboxylic acids is 1. The molecule has 2 aromatic heterocycles. The van der Waals surface area contributed by atoms with E-state index in [9.17, 15) is 13.6 Å². The molecule has 32 heavy (non-hydrogen) atoms. The molecule has 0 aliphatic heterocycles. The van der Waals surface area contributed by atoms with E-state index in [2.05, 4.69) is 31.0 Å². The summed E-state index contributed by atoms with van der Waals surface area (Å²) in [5.74, 6) is -1.50. The SMILES string of the molecule is CC(CO)NC(=O)Cn1cc(Nc2nccc(NCc3c(F)ccc(C#N)c3F)n2)cn1. The third kappa shape index (κ3) is 5.73. The smallest absolute Gasteiger partial charge is 0.242 e. The third-order valence-corrected chi connectivity index (χ3v) is 4.28. The Bertz CT molecular complexity index is 1140. The molecule has 3 aromatic rings. The standard InChI is InChI=1S/C20H20F2N8O2/c1-12(11-31)27-18(32)10-30-9-14(7-26-30)28-20-24-5-4-17(29-20)25-8-15-16(21)3-2-13(6-23)19(15)22/h2-5,7,9,12,31H,8,10-11H2,1H3,(H,27,32)(H2,24,25,28,29). The Morgan fingerprint density at radius 2 is 2.16 bits per heavy atom. The maximum atomic E-state index is 14.2. The lowest BCUT2D eigenvalue weighted by Crippen LogP contribution is -2.37. The van der Waals surface area contributed by atoms with Crippen LogP contribution in [-0.4, -0.2) is 43.4 Å². The number of anilines is 3. The molecule has 0 radical (unpaired) electrons. The molecule has 2 heterocycles. The van der Waals surface area contributed by atoms with Crippen molar-refractivity contribution in [3.8, 4) is 6.07 Å². The first-order valence-corrected chi connectivity index (χ1v) is 9.53. The van der Waals surface area contributed by atoms with Gasteiger partial charge in [-0.1, -0.05) is 0 Å². The number of nitriles is 1. The van der Waals surface area contributed by atoms with Crippen molar-refractivity contribution in [1.29, 1.82) is 5.26 Å². The van der Waals surface area contributed by atoms with Crippen molar-refractivity contribution in [2.24, 2.45) is 0 Å². The van der Waals surface area contributed by atoms with Gasteiger partial charge in [-0.25, -0.2) is 13.8 Å². The molecule has 0 spiro atoms. The van der Waals surface area contributed by atoms with Crippen LogP contribution in [0.15, 0.2) is 36.8 Å². The minimum absolute atomic E-state index is 0.0344. The normalized spacial score (nSPS) is 11.5. The Kier molecular flexibility index (Phi) is 7.25. The van der Waals surface area contributed by atoms with Crippen LogP contribution in [-0.2, 0) is 17.9 Å². The first-order chi connectivity index (χ1) is 15.4. The van der Waals surface area contributed by atoms with Crippen molar-refractivity contribution in [3.05, 3.63) is 59.6 Å². The molecule has 0 fully saturated rings. The Morgan fingerprint density at radius 1 is 1.34 bits per heavy atom. The van der Waals surface area contributed by atoms with E-state index in [1.54, 1.807) is 19.2 Å². The molecule has 10 nitrogen and oxygen atoms in total. The summed E-state index contributed by atoms with van der Waals surface area (Å²) in [5, 5.41) is 30.3. The lowest BCUT2D eigenvalue weighted by molar-refractivity contribution is -0.122. The number of hydrogen-bond acceptors (Lipinski definition) is 8. The van der Waals surface area contributed by atoms with Gasteiger partial charge < -0.3 is 21.1 Å². The summed E-state index contributed by atoms with van der Waals surface area (Å²) in [5.41, 5.74) is 0.000891. The van der Waals surface area contributed by atoms with Crippen molar-refractivity contribution >= 4 is 23.4 Å². The van der Waals surface area contributed by atoms with Crippen LogP contribution in [0.1, 0.15) is 18.1 Å². The second-order valence-corrected chi connectivity index (χ2v) is 6.82. The number of nitrogens with zero attached hydrogens (tertiary/aromatic N) is 5. The van der Waals surface area contributed by atoms with Crippen molar-refractivity contribution in [2.45, 2.75) is 26.1 Å². The van der Waals surface area contributed by atoms with Crippen LogP contribution in [0.5, 0.6) is 0 Å². The summed E-state index contributed by atoms with van der Waals surface area (Å²) >= 11 is 0. The molecule has 166 valence electrons. The van der Waals surface area contributed by atoms with Crippen molar-refractivity contribution < 1.29 is 18.7 Å². The van der Waals surface area contributed by atoms with E-state index in [0.717, 1.165) is 12.1 Å². The molecule has 1 aromatic carbocycles. The molecule has 12 heteroatoms. The van der Waals surface area contributed by atoms with Crippen molar-refractivity contribution in [3.63, 3.8) is 0 Å². The maximum absolute atomic E-state index is 14.2. The monoisotopic (exact) mass is 442 g/mol. The average Bonchev–Trinajstić information content (AvgIpc) is 3.20. The fraction of sp³-hybridized carbons (Fsp3) is 0.250. The number of carbonyl (C=O) groups is 1. The zero-order valence-corrected chi connectivity index (χ0v) is 17.0. The van der Waals surface area contributed by atoms with Gasteiger partial charge in [-0.15, -0.1) is 0 Å². The second kappa shape index (κ2) is 10.3. The first kappa shape index (κ1) is 22.6. The zero-order valence-electron chi connectivity index (χ0n) is 17.0. The number of aliphatic hydroxyl groups is 1. The maximum Gasteiger partial charge on any atom is 0.242 e. The van der Waals surface area contributed by atoms with Gasteiger partial charge in [-0.05, 0) is 25.1 Å². The van der Waals surface area contributed by atoms with Crippen molar-refractivity contribution in [1.82, 2.24) is 25.1 Å². The largest absolute Gasteiger partial charge is 0.394 e. The minimum atomic E-state index is -0.919. The highest BCUT2D eigenvalue weighted by Gasteiger charge is 2.14. The summed E-state index contributed by atoms with van der Waals surface area (Å²) in [6, 6.07) is 4.95. The molecule has 0 saturated carbocycles. The molecule has 3 rings (SSSR count). The topological polar surface area (TPSA) is 141 Å². The Morgan fingerprint density at radius 3 is 2.91 bits per heavy atom. The number of rotatable bonds is 9. The first-order valence-electron chi connectivity index (χ1n) is 9.53. The van der Waals surface area contributed by atoms with Crippen LogP contribution >= 0.6 is 0 Å². The van der Waals surface area contributed by atoms with Gasteiger partial charge in [0.2, 0.25) is 11.9 Å². The van der Waals surface area contributed by atoms with Crippen LogP contribution in [0.4, 0.5) is 26.2 Å². The predicted octanol–water partition coefficient (Wildman–Crippen LogP) is 1.68. The van der Waals surface area contributed by atoms with Gasteiger partial charge in [0.1, 0.15) is 30.1 Å². The summed E-state index contributed by atoms with van der Waals surface area (Å²) in [6.45, 7) is 1.26. The summed E-state index contributed by atoms with van der Waals surface area (Å²) in [7, 11) is 0. The van der Waals surface area contributed by atoms with Crippen LogP contribution in [0, 0.1) is 23.0 Å². The number of benzene rings is 1. The molecule has 0 bridgehead atoms. The molecule has 0 aliphatic rings. The number of nitrogens with one attached hydrogen (secondary N) is 3. The zero-order chi connectivity index (χ0) is 23.1. The highest BCUT2D eigenvalue weighted by Crippen LogP contribution is 2.19. The van der Waals surface area contributed by atoms with E-state index >= 15 is 0 Å². The van der Waals surface area contributed by atoms with E-state index < -0.39 is 11.6 Å². The van der Waals surface area contributed by atoms with Gasteiger partial charge in [-0.2, -0.15) is 15.3 Å². The lowest BCUT2D eigenvalue weighted by atomic mass is 10.1. The van der Waals surface area contributed by atoms with Gasteiger partial charge in [0.15, 0.2) is 0 Å². The van der Waals surface area contributed by atoms with Crippen LogP contribution < -0.4 is 16.0 Å². The van der Waals surface area contributed by atoms with Gasteiger partial charge >= 0.3 is 0 Å². The fourth-order valence-corrected chi connectivity index (χ4v) is 2.70. The second-order valence-electron chi connectivity index (χ2n) is 6.82. The number of aliphatic hydroxyl groups excluding tert-OH is 1. The number of amides is 1. The minimum Gasteiger partial charge on any atom is -0.394 e. The van der Waals surface area contributed by atoms with Crippen LogP contribution in [0.2, 0.25) is 0 Å². The molecule has 1 amide bonds. The van der Waals surface area contributed by atoms with E-state index in [1.165, 1.54) is 23.1 Å². The quantitative estimate of drug-likeness (QED) is 0.392. The van der Waals surface area contributed by atoms with Crippen LogP contribution in [0.3, 0.4) is 0 Å². The number of halogens is 2. The average molecular weight is 442 g/mol. The van der Waals surface area contributed by atoms with E-state index in [4.69, 9.17) is 10.4 Å². The molecule has 4 N–H and O–H groups in total. The molecule has 0 aliphatic carbocycles. The molecular formula is C20H20F2N8O2. The van der Waals surface area contributed by atoms with Gasteiger partial charge in [-0.3, -0.25) is 9.48 Å². The molecule has 1 unspecified atom stereocenters. The Hall–Kier alpha value is -4.11. The molecule has 1 atom stereocenters. The Labute approximate surface area is 181 Å².